The summed E-state index contributed by atoms with van der Waals surface area (Å²) >= 11 is 0. The van der Waals surface area contributed by atoms with E-state index in [1.54, 1.807) is 6.07 Å². The van der Waals surface area contributed by atoms with Crippen molar-refractivity contribution in [2.45, 2.75) is 19.8 Å². The van der Waals surface area contributed by atoms with Gasteiger partial charge in [0, 0.05) is 6.61 Å². The second-order valence-corrected chi connectivity index (χ2v) is 6.41. The number of para-hydroxylation sites is 2. The number of unbranched alkanes of at least 4 members (excludes halogenated alkanes) is 1. The molecule has 0 bridgehead atoms. The molecule has 8 nitrogen and oxygen atoms in total. The predicted molar refractivity (Wildman–Crippen MR) is 116 cm³/mol. The van der Waals surface area contributed by atoms with Gasteiger partial charge in [-0.25, -0.2) is 0 Å². The van der Waals surface area contributed by atoms with Crippen molar-refractivity contribution in [3.8, 4) is 5.75 Å². The summed E-state index contributed by atoms with van der Waals surface area (Å²) in [6, 6.07) is 7.40. The van der Waals surface area contributed by atoms with E-state index in [0.29, 0.717) is 90.7 Å². The average Bonchev–Trinajstić information content (AvgIpc) is 2.76. The summed E-state index contributed by atoms with van der Waals surface area (Å²) in [5.74, 6) is 0.679. The SMILES string of the molecule is CCCCOCCOCCOCCOCCOCCOCCOc1ccccc1N. The van der Waals surface area contributed by atoms with Crippen molar-refractivity contribution in [3.63, 3.8) is 0 Å². The molecule has 0 spiro atoms. The molecule has 0 radical (unpaired) electrons. The number of benzene rings is 1. The van der Waals surface area contributed by atoms with Gasteiger partial charge in [-0.2, -0.15) is 0 Å². The molecule has 0 aliphatic heterocycles. The number of anilines is 1. The Bertz CT molecular complexity index is 490. The van der Waals surface area contributed by atoms with Crippen molar-refractivity contribution in [2.75, 3.05) is 91.6 Å². The molecule has 0 aliphatic carbocycles. The molecule has 0 saturated heterocycles. The summed E-state index contributed by atoms with van der Waals surface area (Å²) in [5, 5.41) is 0. The maximum absolute atomic E-state index is 5.79. The normalized spacial score (nSPS) is 11.1. The Hall–Kier alpha value is -1.42. The fourth-order valence-corrected chi connectivity index (χ4v) is 2.27. The summed E-state index contributed by atoms with van der Waals surface area (Å²) < 4.78 is 38.1. The minimum absolute atomic E-state index is 0.453. The highest BCUT2D eigenvalue weighted by Gasteiger charge is 1.98. The monoisotopic (exact) mass is 429 g/mol. The van der Waals surface area contributed by atoms with E-state index in [4.69, 9.17) is 38.9 Å². The highest BCUT2D eigenvalue weighted by molar-refractivity contribution is 5.51. The molecule has 0 unspecified atom stereocenters. The third kappa shape index (κ3) is 16.4. The van der Waals surface area contributed by atoms with Crippen LogP contribution in [0.2, 0.25) is 0 Å². The number of nitrogens with two attached hydrogens (primary N) is 1. The Labute approximate surface area is 180 Å². The van der Waals surface area contributed by atoms with Crippen LogP contribution in [0.15, 0.2) is 24.3 Å². The predicted octanol–water partition coefficient (Wildman–Crippen LogP) is 2.55. The van der Waals surface area contributed by atoms with E-state index in [0.717, 1.165) is 19.4 Å². The fourth-order valence-electron chi connectivity index (χ4n) is 2.27. The van der Waals surface area contributed by atoms with Gasteiger partial charge in [-0.1, -0.05) is 25.5 Å². The van der Waals surface area contributed by atoms with Crippen molar-refractivity contribution >= 4 is 5.69 Å². The van der Waals surface area contributed by atoms with E-state index in [-0.39, 0.29) is 0 Å². The first-order valence-corrected chi connectivity index (χ1v) is 10.8. The molecule has 2 N–H and O–H groups in total. The summed E-state index contributed by atoms with van der Waals surface area (Å²) in [7, 11) is 0. The molecule has 0 aliphatic rings. The standard InChI is InChI=1S/C22H39NO7/c1-2-3-8-24-9-10-25-11-12-26-13-14-27-15-16-28-17-18-29-19-20-30-22-7-5-4-6-21(22)23/h4-7H,2-3,8-20,23H2,1H3. The first-order chi connectivity index (χ1) is 14.8. The Balaban J connectivity index is 1.70. The van der Waals surface area contributed by atoms with E-state index >= 15 is 0 Å². The highest BCUT2D eigenvalue weighted by atomic mass is 16.6. The van der Waals surface area contributed by atoms with Crippen molar-refractivity contribution in [1.29, 1.82) is 0 Å². The molecule has 0 saturated carbocycles. The molecular formula is C22H39NO7. The van der Waals surface area contributed by atoms with Crippen molar-refractivity contribution in [1.82, 2.24) is 0 Å². The molecule has 0 heterocycles. The summed E-state index contributed by atoms with van der Waals surface area (Å²) in [6.07, 6.45) is 2.25. The lowest BCUT2D eigenvalue weighted by Gasteiger charge is -2.09. The quantitative estimate of drug-likeness (QED) is 0.222. The van der Waals surface area contributed by atoms with Gasteiger partial charge < -0.3 is 38.9 Å². The molecular weight excluding hydrogens is 390 g/mol. The van der Waals surface area contributed by atoms with Gasteiger partial charge in [-0.3, -0.25) is 0 Å². The van der Waals surface area contributed by atoms with Crippen LogP contribution in [0, 0.1) is 0 Å². The van der Waals surface area contributed by atoms with Crippen LogP contribution in [0.5, 0.6) is 5.75 Å². The average molecular weight is 430 g/mol. The second-order valence-electron chi connectivity index (χ2n) is 6.41. The molecule has 0 fully saturated rings. The fraction of sp³-hybridized carbons (Fsp3) is 0.727. The van der Waals surface area contributed by atoms with Crippen LogP contribution in [0.4, 0.5) is 5.69 Å². The molecule has 0 atom stereocenters. The van der Waals surface area contributed by atoms with Crippen LogP contribution in [-0.2, 0) is 28.4 Å². The van der Waals surface area contributed by atoms with E-state index in [2.05, 4.69) is 6.92 Å². The minimum Gasteiger partial charge on any atom is -0.489 e. The molecule has 1 rings (SSSR count). The maximum atomic E-state index is 5.79. The van der Waals surface area contributed by atoms with Crippen molar-refractivity contribution < 1.29 is 33.2 Å². The molecule has 0 aromatic heterocycles. The highest BCUT2D eigenvalue weighted by Crippen LogP contribution is 2.19. The van der Waals surface area contributed by atoms with Gasteiger partial charge in [0.2, 0.25) is 0 Å². The van der Waals surface area contributed by atoms with Gasteiger partial charge in [-0.05, 0) is 18.6 Å². The van der Waals surface area contributed by atoms with Gasteiger partial charge in [-0.15, -0.1) is 0 Å². The Morgan fingerprint density at radius 2 is 0.967 bits per heavy atom. The maximum Gasteiger partial charge on any atom is 0.142 e. The first-order valence-electron chi connectivity index (χ1n) is 10.8. The molecule has 1 aromatic rings. The number of hydrogen-bond donors (Lipinski definition) is 1. The summed E-state index contributed by atoms with van der Waals surface area (Å²) in [6.45, 7) is 9.47. The molecule has 0 amide bonds. The van der Waals surface area contributed by atoms with Crippen molar-refractivity contribution in [2.24, 2.45) is 0 Å². The van der Waals surface area contributed by atoms with E-state index < -0.39 is 0 Å². The first kappa shape index (κ1) is 26.6. The molecule has 8 heteroatoms. The van der Waals surface area contributed by atoms with Gasteiger partial charge in [0.25, 0.3) is 0 Å². The number of ether oxygens (including phenoxy) is 7. The summed E-state index contributed by atoms with van der Waals surface area (Å²) in [5.41, 5.74) is 6.42. The lowest BCUT2D eigenvalue weighted by Crippen LogP contribution is -2.15. The lowest BCUT2D eigenvalue weighted by molar-refractivity contribution is -0.0178. The molecule has 1 aromatic carbocycles. The summed E-state index contributed by atoms with van der Waals surface area (Å²) in [4.78, 5) is 0. The Kier molecular flexibility index (Phi) is 18.5. The Morgan fingerprint density at radius 1 is 0.567 bits per heavy atom. The van der Waals surface area contributed by atoms with Gasteiger partial charge in [0.05, 0.1) is 78.4 Å². The third-order valence-corrected chi connectivity index (χ3v) is 3.91. The zero-order chi connectivity index (χ0) is 21.5. The second kappa shape index (κ2) is 20.8. The van der Waals surface area contributed by atoms with E-state index in [1.165, 1.54) is 0 Å². The van der Waals surface area contributed by atoms with Crippen molar-refractivity contribution in [3.05, 3.63) is 24.3 Å². The van der Waals surface area contributed by atoms with Gasteiger partial charge >= 0.3 is 0 Å². The number of rotatable bonds is 22. The molecule has 30 heavy (non-hydrogen) atoms. The van der Waals surface area contributed by atoms with Crippen LogP contribution >= 0.6 is 0 Å². The molecule has 174 valence electrons. The third-order valence-electron chi connectivity index (χ3n) is 3.91. The van der Waals surface area contributed by atoms with Crippen LogP contribution in [0.25, 0.3) is 0 Å². The van der Waals surface area contributed by atoms with Crippen LogP contribution < -0.4 is 10.5 Å². The van der Waals surface area contributed by atoms with E-state index in [1.807, 2.05) is 18.2 Å². The van der Waals surface area contributed by atoms with Crippen LogP contribution in [-0.4, -0.2) is 85.9 Å². The zero-order valence-electron chi connectivity index (χ0n) is 18.4. The zero-order valence-corrected chi connectivity index (χ0v) is 18.4. The van der Waals surface area contributed by atoms with Crippen LogP contribution in [0.1, 0.15) is 19.8 Å². The van der Waals surface area contributed by atoms with E-state index in [9.17, 15) is 0 Å². The smallest absolute Gasteiger partial charge is 0.142 e. The Morgan fingerprint density at radius 3 is 1.40 bits per heavy atom. The minimum atomic E-state index is 0.453. The topological polar surface area (TPSA) is 90.6 Å². The van der Waals surface area contributed by atoms with Crippen LogP contribution in [0.3, 0.4) is 0 Å². The number of nitrogen functional groups attached to an aromatic ring is 1. The number of hydrogen-bond acceptors (Lipinski definition) is 8. The van der Waals surface area contributed by atoms with Gasteiger partial charge in [0.15, 0.2) is 0 Å². The lowest BCUT2D eigenvalue weighted by atomic mass is 10.3. The largest absolute Gasteiger partial charge is 0.489 e. The van der Waals surface area contributed by atoms with Gasteiger partial charge in [0.1, 0.15) is 12.4 Å².